The third-order valence-corrected chi connectivity index (χ3v) is 4.65. The lowest BCUT2D eigenvalue weighted by atomic mass is 10.1. The van der Waals surface area contributed by atoms with Gasteiger partial charge in [0.15, 0.2) is 11.5 Å². The second-order valence-electron chi connectivity index (χ2n) is 6.45. The van der Waals surface area contributed by atoms with Crippen molar-refractivity contribution in [2.24, 2.45) is 0 Å². The largest absolute Gasteiger partial charge is 0.508 e. The van der Waals surface area contributed by atoms with Crippen molar-refractivity contribution < 1.29 is 14.6 Å². The van der Waals surface area contributed by atoms with Crippen LogP contribution in [-0.2, 0) is 13.2 Å². The highest BCUT2D eigenvalue weighted by molar-refractivity contribution is 6.32. The molecule has 3 rings (SSSR count). The molecular weight excluding hydrogens is 374 g/mol. The van der Waals surface area contributed by atoms with Gasteiger partial charge >= 0.3 is 0 Å². The van der Waals surface area contributed by atoms with Crippen LogP contribution in [0, 0.1) is 6.92 Å². The zero-order chi connectivity index (χ0) is 19.9. The van der Waals surface area contributed by atoms with Crippen LogP contribution in [0.4, 0.5) is 5.69 Å². The summed E-state index contributed by atoms with van der Waals surface area (Å²) in [6.45, 7) is 5.51. The Morgan fingerprint density at radius 1 is 1.00 bits per heavy atom. The van der Waals surface area contributed by atoms with Crippen LogP contribution in [0.1, 0.15) is 23.6 Å². The van der Waals surface area contributed by atoms with Gasteiger partial charge in [-0.1, -0.05) is 35.9 Å². The predicted molar refractivity (Wildman–Crippen MR) is 114 cm³/mol. The Morgan fingerprint density at radius 3 is 2.46 bits per heavy atom. The molecule has 0 fully saturated rings. The summed E-state index contributed by atoms with van der Waals surface area (Å²) < 4.78 is 11.8. The minimum Gasteiger partial charge on any atom is -0.508 e. The second-order valence-corrected chi connectivity index (χ2v) is 6.86. The lowest BCUT2D eigenvalue weighted by Crippen LogP contribution is -2.04. The standard InChI is InChI=1S/C23H24ClNO3/c1-3-27-22-13-17(14-25-19-8-10-20(26)11-9-19)12-21(24)23(22)28-15-18-7-5-4-6-16(18)2/h4-13,25-26H,3,14-15H2,1-2H3. The van der Waals surface area contributed by atoms with Crippen molar-refractivity contribution in [3.05, 3.63) is 82.4 Å². The van der Waals surface area contributed by atoms with E-state index >= 15 is 0 Å². The van der Waals surface area contributed by atoms with Crippen molar-refractivity contribution in [1.82, 2.24) is 0 Å². The summed E-state index contributed by atoms with van der Waals surface area (Å²) in [5.41, 5.74) is 4.17. The van der Waals surface area contributed by atoms with Crippen molar-refractivity contribution in [1.29, 1.82) is 0 Å². The number of halogens is 1. The van der Waals surface area contributed by atoms with Gasteiger partial charge in [0, 0.05) is 12.2 Å². The van der Waals surface area contributed by atoms with E-state index in [9.17, 15) is 5.11 Å². The Labute approximate surface area is 170 Å². The zero-order valence-corrected chi connectivity index (χ0v) is 16.8. The number of nitrogens with one attached hydrogen (secondary N) is 1. The third-order valence-electron chi connectivity index (χ3n) is 4.37. The maximum Gasteiger partial charge on any atom is 0.180 e. The van der Waals surface area contributed by atoms with Crippen LogP contribution in [0.15, 0.2) is 60.7 Å². The molecule has 0 aliphatic rings. The fourth-order valence-corrected chi connectivity index (χ4v) is 3.12. The quantitative estimate of drug-likeness (QED) is 0.461. The molecule has 0 bridgehead atoms. The van der Waals surface area contributed by atoms with E-state index in [4.69, 9.17) is 21.1 Å². The average molecular weight is 398 g/mol. The van der Waals surface area contributed by atoms with Gasteiger partial charge in [-0.25, -0.2) is 0 Å². The predicted octanol–water partition coefficient (Wildman–Crippen LogP) is 5.94. The van der Waals surface area contributed by atoms with E-state index in [0.29, 0.717) is 36.3 Å². The number of ether oxygens (including phenoxy) is 2. The van der Waals surface area contributed by atoms with Crippen molar-refractivity contribution in [3.8, 4) is 17.2 Å². The minimum absolute atomic E-state index is 0.238. The number of anilines is 1. The molecule has 0 amide bonds. The van der Waals surface area contributed by atoms with Gasteiger partial charge in [-0.3, -0.25) is 0 Å². The normalized spacial score (nSPS) is 10.5. The zero-order valence-electron chi connectivity index (χ0n) is 16.0. The van der Waals surface area contributed by atoms with E-state index < -0.39 is 0 Å². The molecule has 0 unspecified atom stereocenters. The van der Waals surface area contributed by atoms with Gasteiger partial charge in [0.1, 0.15) is 12.4 Å². The number of hydrogen-bond donors (Lipinski definition) is 2. The summed E-state index contributed by atoms with van der Waals surface area (Å²) in [5.74, 6) is 1.42. The van der Waals surface area contributed by atoms with Gasteiger partial charge in [-0.05, 0) is 66.9 Å². The molecular formula is C23H24ClNO3. The lowest BCUT2D eigenvalue weighted by Gasteiger charge is -2.16. The van der Waals surface area contributed by atoms with E-state index in [1.807, 2.05) is 49.4 Å². The summed E-state index contributed by atoms with van der Waals surface area (Å²) in [6.07, 6.45) is 0. The van der Waals surface area contributed by atoms with Gasteiger partial charge in [0.05, 0.1) is 11.6 Å². The van der Waals surface area contributed by atoms with Crippen molar-refractivity contribution in [2.75, 3.05) is 11.9 Å². The molecule has 0 saturated heterocycles. The van der Waals surface area contributed by atoms with Gasteiger partial charge in [0.2, 0.25) is 0 Å². The summed E-state index contributed by atoms with van der Waals surface area (Å²) in [5, 5.41) is 13.2. The summed E-state index contributed by atoms with van der Waals surface area (Å²) in [6, 6.07) is 18.8. The molecule has 5 heteroatoms. The molecule has 0 heterocycles. The lowest BCUT2D eigenvalue weighted by molar-refractivity contribution is 0.269. The topological polar surface area (TPSA) is 50.7 Å². The highest BCUT2D eigenvalue weighted by Gasteiger charge is 2.13. The molecule has 0 aromatic heterocycles. The molecule has 0 atom stereocenters. The first-order valence-corrected chi connectivity index (χ1v) is 9.60. The Bertz CT molecular complexity index is 926. The van der Waals surface area contributed by atoms with Crippen LogP contribution in [0.5, 0.6) is 17.2 Å². The molecule has 0 aliphatic heterocycles. The van der Waals surface area contributed by atoms with Crippen LogP contribution in [0.3, 0.4) is 0 Å². The van der Waals surface area contributed by atoms with Crippen LogP contribution in [-0.4, -0.2) is 11.7 Å². The maximum absolute atomic E-state index is 9.38. The summed E-state index contributed by atoms with van der Waals surface area (Å²) in [4.78, 5) is 0. The molecule has 3 aromatic carbocycles. The first-order valence-electron chi connectivity index (χ1n) is 9.22. The molecule has 3 aromatic rings. The van der Waals surface area contributed by atoms with E-state index in [1.165, 1.54) is 5.56 Å². The number of aromatic hydroxyl groups is 1. The van der Waals surface area contributed by atoms with E-state index in [1.54, 1.807) is 12.1 Å². The minimum atomic E-state index is 0.238. The fraction of sp³-hybridized carbons (Fsp3) is 0.217. The molecule has 0 spiro atoms. The summed E-state index contributed by atoms with van der Waals surface area (Å²) >= 11 is 6.51. The van der Waals surface area contributed by atoms with Crippen molar-refractivity contribution in [2.45, 2.75) is 27.0 Å². The monoisotopic (exact) mass is 397 g/mol. The maximum atomic E-state index is 9.38. The van der Waals surface area contributed by atoms with E-state index in [-0.39, 0.29) is 5.75 Å². The SMILES string of the molecule is CCOc1cc(CNc2ccc(O)cc2)cc(Cl)c1OCc1ccccc1C. The van der Waals surface area contributed by atoms with Crippen LogP contribution in [0.2, 0.25) is 5.02 Å². The number of aryl methyl sites for hydroxylation is 1. The van der Waals surface area contributed by atoms with Gasteiger partial charge in [0.25, 0.3) is 0 Å². The molecule has 146 valence electrons. The van der Waals surface area contributed by atoms with Crippen LogP contribution in [0.25, 0.3) is 0 Å². The molecule has 0 saturated carbocycles. The van der Waals surface area contributed by atoms with Gasteiger partial charge in [-0.15, -0.1) is 0 Å². The number of phenols is 1. The number of rotatable bonds is 8. The highest BCUT2D eigenvalue weighted by atomic mass is 35.5. The summed E-state index contributed by atoms with van der Waals surface area (Å²) in [7, 11) is 0. The Balaban J connectivity index is 1.75. The first-order chi connectivity index (χ1) is 13.6. The molecule has 4 nitrogen and oxygen atoms in total. The van der Waals surface area contributed by atoms with Crippen LogP contribution >= 0.6 is 11.6 Å². The number of phenolic OH excluding ortho intramolecular Hbond substituents is 1. The van der Waals surface area contributed by atoms with E-state index in [2.05, 4.69) is 18.3 Å². The Hall–Kier alpha value is -2.85. The second kappa shape index (κ2) is 9.38. The van der Waals surface area contributed by atoms with Gasteiger partial charge < -0.3 is 19.9 Å². The molecule has 0 radical (unpaired) electrons. The van der Waals surface area contributed by atoms with Crippen molar-refractivity contribution >= 4 is 17.3 Å². The van der Waals surface area contributed by atoms with Crippen molar-refractivity contribution in [3.63, 3.8) is 0 Å². The highest BCUT2D eigenvalue weighted by Crippen LogP contribution is 2.37. The fourth-order valence-electron chi connectivity index (χ4n) is 2.83. The average Bonchev–Trinajstić information content (AvgIpc) is 2.68. The van der Waals surface area contributed by atoms with E-state index in [0.717, 1.165) is 16.8 Å². The first kappa shape index (κ1) is 19.9. The molecule has 0 aliphatic carbocycles. The number of benzene rings is 3. The smallest absolute Gasteiger partial charge is 0.180 e. The molecule has 2 N–H and O–H groups in total. The molecule has 28 heavy (non-hydrogen) atoms. The number of hydrogen-bond acceptors (Lipinski definition) is 4. The van der Waals surface area contributed by atoms with Gasteiger partial charge in [-0.2, -0.15) is 0 Å². The third kappa shape index (κ3) is 5.11. The van der Waals surface area contributed by atoms with Crippen LogP contribution < -0.4 is 14.8 Å². The Morgan fingerprint density at radius 2 is 1.75 bits per heavy atom. The Kier molecular flexibility index (Phi) is 6.66.